The smallest absolute Gasteiger partial charge is 0.241 e. The Labute approximate surface area is 151 Å². The second kappa shape index (κ2) is 7.07. The Morgan fingerprint density at radius 3 is 2.76 bits per heavy atom. The van der Waals surface area contributed by atoms with E-state index in [0.717, 1.165) is 26.7 Å². The predicted octanol–water partition coefficient (Wildman–Crippen LogP) is 3.06. The summed E-state index contributed by atoms with van der Waals surface area (Å²) in [5.74, 6) is 0. The average molecular weight is 377 g/mol. The highest BCUT2D eigenvalue weighted by Crippen LogP contribution is 2.32. The lowest BCUT2D eigenvalue weighted by Gasteiger charge is -2.14. The Balaban J connectivity index is 1.79. The van der Waals surface area contributed by atoms with Crippen molar-refractivity contribution < 1.29 is 8.42 Å². The fourth-order valence-electron chi connectivity index (χ4n) is 2.65. The van der Waals surface area contributed by atoms with Crippen molar-refractivity contribution in [2.75, 3.05) is 0 Å². The van der Waals surface area contributed by atoms with Crippen molar-refractivity contribution in [3.63, 3.8) is 0 Å². The fourth-order valence-corrected chi connectivity index (χ4v) is 5.44. The summed E-state index contributed by atoms with van der Waals surface area (Å²) in [6.45, 7) is 5.58. The van der Waals surface area contributed by atoms with Gasteiger partial charge in [0.1, 0.15) is 5.69 Å². The van der Waals surface area contributed by atoms with E-state index in [2.05, 4.69) is 19.9 Å². The van der Waals surface area contributed by atoms with Gasteiger partial charge in [-0.15, -0.1) is 11.3 Å². The van der Waals surface area contributed by atoms with Gasteiger partial charge in [-0.1, -0.05) is 6.07 Å². The number of aromatic amines is 1. The zero-order valence-corrected chi connectivity index (χ0v) is 15.9. The Morgan fingerprint density at radius 2 is 2.12 bits per heavy atom. The minimum atomic E-state index is -3.59. The molecule has 3 aromatic heterocycles. The Morgan fingerprint density at radius 1 is 1.32 bits per heavy atom. The van der Waals surface area contributed by atoms with Gasteiger partial charge in [0, 0.05) is 29.0 Å². The Bertz CT molecular complexity index is 962. The number of H-pyrrole nitrogens is 1. The van der Waals surface area contributed by atoms with E-state index in [0.29, 0.717) is 11.3 Å². The molecule has 0 aliphatic rings. The highest BCUT2D eigenvalue weighted by Gasteiger charge is 2.23. The standard InChI is InChI=1S/C17H20N4O2S2/c1-11-8-15(20-19-11)16-9-17(13(3)24-16)25(22,23)21-12(2)7-14-5-4-6-18-10-14/h4-6,8-10,12,21H,7H2,1-3H3,(H,19,20). The molecule has 1 atom stereocenters. The minimum Gasteiger partial charge on any atom is -0.282 e. The molecule has 0 aromatic carbocycles. The largest absolute Gasteiger partial charge is 0.282 e. The molecule has 0 fully saturated rings. The zero-order valence-electron chi connectivity index (χ0n) is 14.3. The van der Waals surface area contributed by atoms with Gasteiger partial charge in [0.05, 0.1) is 9.77 Å². The molecule has 0 saturated heterocycles. The lowest BCUT2D eigenvalue weighted by Crippen LogP contribution is -2.34. The highest BCUT2D eigenvalue weighted by molar-refractivity contribution is 7.89. The molecule has 8 heteroatoms. The lowest BCUT2D eigenvalue weighted by atomic mass is 10.1. The number of hydrogen-bond acceptors (Lipinski definition) is 5. The van der Waals surface area contributed by atoms with E-state index >= 15 is 0 Å². The molecular weight excluding hydrogens is 356 g/mol. The zero-order chi connectivity index (χ0) is 18.0. The van der Waals surface area contributed by atoms with Crippen LogP contribution in [-0.4, -0.2) is 29.6 Å². The first-order valence-corrected chi connectivity index (χ1v) is 10.2. The van der Waals surface area contributed by atoms with Crippen LogP contribution in [-0.2, 0) is 16.4 Å². The topological polar surface area (TPSA) is 87.7 Å². The van der Waals surface area contributed by atoms with E-state index < -0.39 is 10.0 Å². The van der Waals surface area contributed by atoms with Crippen LogP contribution in [0.15, 0.2) is 41.6 Å². The molecule has 0 radical (unpaired) electrons. The van der Waals surface area contributed by atoms with Crippen molar-refractivity contribution in [1.82, 2.24) is 19.9 Å². The molecule has 3 heterocycles. The molecule has 2 N–H and O–H groups in total. The maximum Gasteiger partial charge on any atom is 0.241 e. The fraction of sp³-hybridized carbons (Fsp3) is 0.294. The highest BCUT2D eigenvalue weighted by atomic mass is 32.2. The van der Waals surface area contributed by atoms with Crippen molar-refractivity contribution in [3.8, 4) is 10.6 Å². The van der Waals surface area contributed by atoms with Gasteiger partial charge in [0.15, 0.2) is 0 Å². The van der Waals surface area contributed by atoms with E-state index in [1.807, 2.05) is 39.0 Å². The van der Waals surface area contributed by atoms with Gasteiger partial charge < -0.3 is 0 Å². The molecule has 3 aromatic rings. The van der Waals surface area contributed by atoms with Crippen LogP contribution in [0.5, 0.6) is 0 Å². The second-order valence-corrected chi connectivity index (χ2v) is 8.99. The number of pyridine rings is 1. The number of aromatic nitrogens is 3. The molecule has 132 valence electrons. The number of nitrogens with zero attached hydrogens (tertiary/aromatic N) is 2. The molecule has 0 aliphatic heterocycles. The summed E-state index contributed by atoms with van der Waals surface area (Å²) in [4.78, 5) is 5.95. The predicted molar refractivity (Wildman–Crippen MR) is 99.1 cm³/mol. The van der Waals surface area contributed by atoms with Crippen LogP contribution in [0.4, 0.5) is 0 Å². The monoisotopic (exact) mass is 376 g/mol. The molecule has 0 spiro atoms. The van der Waals surface area contributed by atoms with Gasteiger partial charge in [-0.25, -0.2) is 13.1 Å². The van der Waals surface area contributed by atoms with Gasteiger partial charge in [-0.2, -0.15) is 5.10 Å². The van der Waals surface area contributed by atoms with Gasteiger partial charge in [-0.3, -0.25) is 10.1 Å². The van der Waals surface area contributed by atoms with E-state index in [1.165, 1.54) is 11.3 Å². The number of thiophene rings is 1. The van der Waals surface area contributed by atoms with Gasteiger partial charge >= 0.3 is 0 Å². The molecule has 6 nitrogen and oxygen atoms in total. The van der Waals surface area contributed by atoms with Crippen molar-refractivity contribution >= 4 is 21.4 Å². The van der Waals surface area contributed by atoms with Crippen LogP contribution in [0.1, 0.15) is 23.1 Å². The lowest BCUT2D eigenvalue weighted by molar-refractivity contribution is 0.559. The minimum absolute atomic E-state index is 0.232. The third-order valence-corrected chi connectivity index (χ3v) is 6.66. The molecule has 0 bridgehead atoms. The van der Waals surface area contributed by atoms with Gasteiger partial charge in [0.2, 0.25) is 10.0 Å². The molecule has 0 aliphatic carbocycles. The van der Waals surface area contributed by atoms with Crippen molar-refractivity contribution in [3.05, 3.63) is 52.8 Å². The molecule has 3 rings (SSSR count). The van der Waals surface area contributed by atoms with Crippen molar-refractivity contribution in [2.24, 2.45) is 0 Å². The van der Waals surface area contributed by atoms with E-state index in [9.17, 15) is 8.42 Å². The van der Waals surface area contributed by atoms with Crippen LogP contribution < -0.4 is 4.72 Å². The number of nitrogens with one attached hydrogen (secondary N) is 2. The van der Waals surface area contributed by atoms with Crippen LogP contribution in [0, 0.1) is 13.8 Å². The van der Waals surface area contributed by atoms with Crippen LogP contribution in [0.3, 0.4) is 0 Å². The summed E-state index contributed by atoms with van der Waals surface area (Å²) in [7, 11) is -3.59. The summed E-state index contributed by atoms with van der Waals surface area (Å²) < 4.78 is 28.3. The Hall–Kier alpha value is -2.03. The summed E-state index contributed by atoms with van der Waals surface area (Å²) >= 11 is 1.43. The van der Waals surface area contributed by atoms with Crippen molar-refractivity contribution in [2.45, 2.75) is 38.1 Å². The first-order chi connectivity index (χ1) is 11.8. The van der Waals surface area contributed by atoms with Crippen LogP contribution in [0.25, 0.3) is 10.6 Å². The third kappa shape index (κ3) is 4.15. The van der Waals surface area contributed by atoms with E-state index in [1.54, 1.807) is 18.5 Å². The summed E-state index contributed by atoms with van der Waals surface area (Å²) in [6, 6.07) is 7.14. The molecular formula is C17H20N4O2S2. The quantitative estimate of drug-likeness (QED) is 0.692. The normalized spacial score (nSPS) is 13.1. The molecule has 1 unspecified atom stereocenters. The SMILES string of the molecule is Cc1cc(-c2cc(S(=O)(=O)NC(C)Cc3cccnc3)c(C)s2)n[nH]1. The Kier molecular flexibility index (Phi) is 5.03. The molecule has 0 saturated carbocycles. The van der Waals surface area contributed by atoms with E-state index in [-0.39, 0.29) is 6.04 Å². The first-order valence-electron chi connectivity index (χ1n) is 7.89. The maximum atomic E-state index is 12.8. The van der Waals surface area contributed by atoms with E-state index in [4.69, 9.17) is 0 Å². The molecule has 0 amide bonds. The number of hydrogen-bond donors (Lipinski definition) is 2. The number of rotatable bonds is 6. The summed E-state index contributed by atoms with van der Waals surface area (Å²) in [6.07, 6.45) is 4.03. The van der Waals surface area contributed by atoms with Crippen LogP contribution >= 0.6 is 11.3 Å². The van der Waals surface area contributed by atoms with Gasteiger partial charge in [0.25, 0.3) is 0 Å². The summed E-state index contributed by atoms with van der Waals surface area (Å²) in [5.41, 5.74) is 2.69. The molecule has 25 heavy (non-hydrogen) atoms. The first kappa shape index (κ1) is 17.8. The van der Waals surface area contributed by atoms with Gasteiger partial charge in [-0.05, 0) is 51.0 Å². The third-order valence-electron chi connectivity index (χ3n) is 3.74. The summed E-state index contributed by atoms with van der Waals surface area (Å²) in [5, 5.41) is 7.08. The average Bonchev–Trinajstić information content (AvgIpc) is 3.14. The maximum absolute atomic E-state index is 12.8. The van der Waals surface area contributed by atoms with Crippen LogP contribution in [0.2, 0.25) is 0 Å². The van der Waals surface area contributed by atoms with Crippen molar-refractivity contribution in [1.29, 1.82) is 0 Å². The number of sulfonamides is 1. The second-order valence-electron chi connectivity index (χ2n) is 6.06. The number of aryl methyl sites for hydroxylation is 2.